The zero-order valence-electron chi connectivity index (χ0n) is 14.5. The first-order valence-corrected chi connectivity index (χ1v) is 8.89. The van der Waals surface area contributed by atoms with Crippen molar-refractivity contribution in [2.24, 2.45) is 7.05 Å². The Morgan fingerprint density at radius 2 is 1.71 bits per heavy atom. The van der Waals surface area contributed by atoms with Gasteiger partial charge in [-0.2, -0.15) is 0 Å². The summed E-state index contributed by atoms with van der Waals surface area (Å²) in [4.78, 5) is 2.09. The molecule has 0 atom stereocenters. The third-order valence-corrected chi connectivity index (χ3v) is 5.16. The fourth-order valence-corrected chi connectivity index (χ4v) is 3.50. The minimum atomic E-state index is 0.896. The summed E-state index contributed by atoms with van der Waals surface area (Å²) in [7, 11) is 6.10. The molecule has 1 aromatic heterocycles. The van der Waals surface area contributed by atoms with E-state index in [2.05, 4.69) is 75.1 Å². The minimum absolute atomic E-state index is 0.896. The molecule has 124 valence electrons. The molecular weight excluding hydrogens is 316 g/mol. The monoisotopic (exact) mass is 338 g/mol. The second kappa shape index (κ2) is 7.09. The van der Waals surface area contributed by atoms with E-state index in [1.807, 2.05) is 21.1 Å². The molecule has 3 aromatic rings. The average Bonchev–Trinajstić information content (AvgIpc) is 2.95. The Labute approximate surface area is 147 Å². The van der Waals surface area contributed by atoms with Crippen molar-refractivity contribution in [1.82, 2.24) is 14.8 Å². The summed E-state index contributed by atoms with van der Waals surface area (Å²) in [6.45, 7) is 2.14. The van der Waals surface area contributed by atoms with Gasteiger partial charge in [0, 0.05) is 38.1 Å². The van der Waals surface area contributed by atoms with Crippen LogP contribution in [-0.2, 0) is 12.8 Å². The van der Waals surface area contributed by atoms with Crippen molar-refractivity contribution in [1.29, 1.82) is 0 Å². The van der Waals surface area contributed by atoms with Crippen LogP contribution >= 0.6 is 11.8 Å². The molecule has 0 saturated carbocycles. The molecule has 0 radical (unpaired) electrons. The topological polar surface area (TPSA) is 34.0 Å². The third-order valence-electron chi connectivity index (χ3n) is 4.09. The van der Waals surface area contributed by atoms with E-state index in [-0.39, 0.29) is 0 Å². The highest BCUT2D eigenvalue weighted by Crippen LogP contribution is 2.27. The number of aryl methyl sites for hydroxylation is 1. The Morgan fingerprint density at radius 1 is 1.00 bits per heavy atom. The first kappa shape index (κ1) is 16.6. The molecule has 0 unspecified atom stereocenters. The quantitative estimate of drug-likeness (QED) is 0.655. The molecule has 0 aliphatic carbocycles. The van der Waals surface area contributed by atoms with E-state index >= 15 is 0 Å². The number of rotatable bonds is 5. The first-order valence-electron chi connectivity index (χ1n) is 7.90. The van der Waals surface area contributed by atoms with Crippen LogP contribution in [0.5, 0.6) is 0 Å². The number of nitrogens with zero attached hydrogens (tertiary/aromatic N) is 4. The first-order chi connectivity index (χ1) is 11.6. The SMILES string of the molecule is Cc1ccccc1CSc1nnc(-c2ccc(N(C)C)cc2)n1C. The Kier molecular flexibility index (Phi) is 4.90. The fourth-order valence-electron chi connectivity index (χ4n) is 2.51. The lowest BCUT2D eigenvalue weighted by molar-refractivity contribution is 0.793. The molecule has 0 aliphatic rings. The van der Waals surface area contributed by atoms with Crippen LogP contribution in [0.1, 0.15) is 11.1 Å². The van der Waals surface area contributed by atoms with Gasteiger partial charge >= 0.3 is 0 Å². The number of hydrogen-bond acceptors (Lipinski definition) is 4. The van der Waals surface area contributed by atoms with Crippen LogP contribution in [0.15, 0.2) is 53.7 Å². The van der Waals surface area contributed by atoms with Gasteiger partial charge < -0.3 is 9.47 Å². The molecule has 0 N–H and O–H groups in total. The molecule has 0 fully saturated rings. The predicted octanol–water partition coefficient (Wildman–Crippen LogP) is 4.15. The van der Waals surface area contributed by atoms with Gasteiger partial charge in [-0.05, 0) is 42.3 Å². The zero-order chi connectivity index (χ0) is 17.1. The van der Waals surface area contributed by atoms with Crippen molar-refractivity contribution in [2.75, 3.05) is 19.0 Å². The highest BCUT2D eigenvalue weighted by atomic mass is 32.2. The Bertz CT molecular complexity index is 822. The highest BCUT2D eigenvalue weighted by Gasteiger charge is 2.12. The zero-order valence-corrected chi connectivity index (χ0v) is 15.3. The van der Waals surface area contributed by atoms with E-state index in [1.165, 1.54) is 16.8 Å². The van der Waals surface area contributed by atoms with Gasteiger partial charge in [0.1, 0.15) is 0 Å². The number of aromatic nitrogens is 3. The van der Waals surface area contributed by atoms with E-state index < -0.39 is 0 Å². The van der Waals surface area contributed by atoms with Crippen LogP contribution < -0.4 is 4.90 Å². The lowest BCUT2D eigenvalue weighted by atomic mass is 10.1. The van der Waals surface area contributed by atoms with Crippen molar-refractivity contribution in [3.63, 3.8) is 0 Å². The van der Waals surface area contributed by atoms with Gasteiger partial charge in [-0.3, -0.25) is 0 Å². The maximum atomic E-state index is 4.37. The van der Waals surface area contributed by atoms with Gasteiger partial charge in [0.15, 0.2) is 11.0 Å². The van der Waals surface area contributed by atoms with Gasteiger partial charge in [-0.1, -0.05) is 36.0 Å². The summed E-state index contributed by atoms with van der Waals surface area (Å²) >= 11 is 1.72. The lowest BCUT2D eigenvalue weighted by Crippen LogP contribution is -2.08. The minimum Gasteiger partial charge on any atom is -0.378 e. The van der Waals surface area contributed by atoms with E-state index in [0.717, 1.165) is 22.3 Å². The van der Waals surface area contributed by atoms with Crippen LogP contribution in [0, 0.1) is 6.92 Å². The summed E-state index contributed by atoms with van der Waals surface area (Å²) in [5, 5.41) is 9.67. The number of benzene rings is 2. The molecule has 24 heavy (non-hydrogen) atoms. The van der Waals surface area contributed by atoms with Gasteiger partial charge in [0.05, 0.1) is 0 Å². The molecule has 2 aromatic carbocycles. The van der Waals surface area contributed by atoms with E-state index in [4.69, 9.17) is 0 Å². The van der Waals surface area contributed by atoms with Crippen molar-refractivity contribution in [3.8, 4) is 11.4 Å². The van der Waals surface area contributed by atoms with Crippen molar-refractivity contribution in [2.45, 2.75) is 17.8 Å². The van der Waals surface area contributed by atoms with E-state index in [0.29, 0.717) is 0 Å². The Hall–Kier alpha value is -2.27. The molecule has 0 bridgehead atoms. The van der Waals surface area contributed by atoms with Crippen molar-refractivity contribution >= 4 is 17.4 Å². The highest BCUT2D eigenvalue weighted by molar-refractivity contribution is 7.98. The van der Waals surface area contributed by atoms with Crippen LogP contribution in [0.4, 0.5) is 5.69 Å². The average molecular weight is 338 g/mol. The van der Waals surface area contributed by atoms with Gasteiger partial charge in [-0.15, -0.1) is 10.2 Å². The maximum Gasteiger partial charge on any atom is 0.191 e. The van der Waals surface area contributed by atoms with Crippen molar-refractivity contribution in [3.05, 3.63) is 59.7 Å². The van der Waals surface area contributed by atoms with Gasteiger partial charge in [-0.25, -0.2) is 0 Å². The number of anilines is 1. The van der Waals surface area contributed by atoms with Crippen LogP contribution in [0.3, 0.4) is 0 Å². The van der Waals surface area contributed by atoms with Gasteiger partial charge in [0.2, 0.25) is 0 Å². The standard InChI is InChI=1S/C19H22N4S/c1-14-7-5-6-8-16(14)13-24-19-21-20-18(23(19)4)15-9-11-17(12-10-15)22(2)3/h5-12H,13H2,1-4H3. The molecule has 4 nitrogen and oxygen atoms in total. The predicted molar refractivity (Wildman–Crippen MR) is 102 cm³/mol. The molecule has 0 saturated heterocycles. The molecule has 3 rings (SSSR count). The smallest absolute Gasteiger partial charge is 0.191 e. The molecule has 0 amide bonds. The summed E-state index contributed by atoms with van der Waals surface area (Å²) in [6, 6.07) is 16.8. The van der Waals surface area contributed by atoms with E-state index in [1.54, 1.807) is 11.8 Å². The summed E-state index contributed by atoms with van der Waals surface area (Å²) in [5.41, 5.74) is 4.91. The number of hydrogen-bond donors (Lipinski definition) is 0. The summed E-state index contributed by atoms with van der Waals surface area (Å²) in [5.74, 6) is 1.80. The lowest BCUT2D eigenvalue weighted by Gasteiger charge is -2.12. The van der Waals surface area contributed by atoms with Crippen LogP contribution in [0.2, 0.25) is 0 Å². The van der Waals surface area contributed by atoms with E-state index in [9.17, 15) is 0 Å². The molecular formula is C19H22N4S. The molecule has 5 heteroatoms. The third kappa shape index (κ3) is 3.46. The Balaban J connectivity index is 1.77. The van der Waals surface area contributed by atoms with Crippen LogP contribution in [0.25, 0.3) is 11.4 Å². The summed E-state index contributed by atoms with van der Waals surface area (Å²) in [6.07, 6.45) is 0. The summed E-state index contributed by atoms with van der Waals surface area (Å²) < 4.78 is 2.06. The Morgan fingerprint density at radius 3 is 2.38 bits per heavy atom. The fraction of sp³-hybridized carbons (Fsp3) is 0.263. The maximum absolute atomic E-state index is 4.37. The van der Waals surface area contributed by atoms with Crippen molar-refractivity contribution < 1.29 is 0 Å². The largest absolute Gasteiger partial charge is 0.378 e. The molecule has 0 spiro atoms. The second-order valence-corrected chi connectivity index (χ2v) is 6.96. The second-order valence-electron chi connectivity index (χ2n) is 6.02. The number of thioether (sulfide) groups is 1. The molecule has 0 aliphatic heterocycles. The normalized spacial score (nSPS) is 10.8. The molecule has 1 heterocycles. The van der Waals surface area contributed by atoms with Crippen LogP contribution in [-0.4, -0.2) is 28.9 Å². The van der Waals surface area contributed by atoms with Gasteiger partial charge in [0.25, 0.3) is 0 Å².